The molecule has 0 spiro atoms. The van der Waals surface area contributed by atoms with Crippen molar-refractivity contribution in [3.63, 3.8) is 0 Å². The summed E-state index contributed by atoms with van der Waals surface area (Å²) in [6, 6.07) is 8.76. The number of hydrogen-bond acceptors (Lipinski definition) is 3. The Hall–Kier alpha value is -2.88. The molecular weight excluding hydrogens is 302 g/mol. The van der Waals surface area contributed by atoms with E-state index in [4.69, 9.17) is 10.00 Å². The second-order valence-corrected chi connectivity index (χ2v) is 4.21. The van der Waals surface area contributed by atoms with Gasteiger partial charge in [0.25, 0.3) is 0 Å². The number of esters is 1. The topological polar surface area (TPSA) is 50.1 Å². The highest BCUT2D eigenvalue weighted by Gasteiger charge is 2.36. The fourth-order valence-electron chi connectivity index (χ4n) is 1.69. The quantitative estimate of drug-likeness (QED) is 0.480. The molecule has 0 N–H and O–H groups in total. The number of halogens is 4. The van der Waals surface area contributed by atoms with Gasteiger partial charge in [-0.05, 0) is 42.5 Å². The lowest BCUT2D eigenvalue weighted by atomic mass is 10.1. The maximum Gasteiger partial charge on any atom is 0.417 e. The van der Waals surface area contributed by atoms with E-state index < -0.39 is 29.1 Å². The number of carbonyl (C=O) groups is 1. The van der Waals surface area contributed by atoms with Crippen molar-refractivity contribution < 1.29 is 27.1 Å². The standard InChI is InChI=1S/C15H7F4NO2/c16-10-3-6-12(13(7-10)15(17,18)19)14(21)22-11-4-1-9(8-20)2-5-11/h1-7H. The van der Waals surface area contributed by atoms with Crippen LogP contribution in [0.25, 0.3) is 0 Å². The molecule has 2 aromatic rings. The molecule has 0 aliphatic carbocycles. The second kappa shape index (κ2) is 5.85. The first-order valence-corrected chi connectivity index (χ1v) is 5.90. The molecule has 2 aromatic carbocycles. The molecule has 0 radical (unpaired) electrons. The largest absolute Gasteiger partial charge is 0.423 e. The van der Waals surface area contributed by atoms with Crippen LogP contribution in [0.3, 0.4) is 0 Å². The van der Waals surface area contributed by atoms with Crippen LogP contribution in [0.4, 0.5) is 17.6 Å². The van der Waals surface area contributed by atoms with E-state index >= 15 is 0 Å². The van der Waals surface area contributed by atoms with Crippen LogP contribution in [0, 0.1) is 17.1 Å². The Morgan fingerprint density at radius 3 is 2.27 bits per heavy atom. The van der Waals surface area contributed by atoms with Gasteiger partial charge in [-0.25, -0.2) is 9.18 Å². The third-order valence-electron chi connectivity index (χ3n) is 2.70. The van der Waals surface area contributed by atoms with Crippen molar-refractivity contribution in [2.75, 3.05) is 0 Å². The van der Waals surface area contributed by atoms with E-state index in [1.807, 2.05) is 6.07 Å². The van der Waals surface area contributed by atoms with Gasteiger partial charge in [0.15, 0.2) is 0 Å². The van der Waals surface area contributed by atoms with Crippen molar-refractivity contribution in [2.24, 2.45) is 0 Å². The Kier molecular flexibility index (Phi) is 4.13. The monoisotopic (exact) mass is 309 g/mol. The lowest BCUT2D eigenvalue weighted by molar-refractivity contribution is -0.138. The van der Waals surface area contributed by atoms with Crippen LogP contribution < -0.4 is 4.74 Å². The Labute approximate surface area is 122 Å². The number of alkyl halides is 3. The van der Waals surface area contributed by atoms with Crippen LogP contribution in [-0.4, -0.2) is 5.97 Å². The number of hydrogen-bond donors (Lipinski definition) is 0. The minimum Gasteiger partial charge on any atom is -0.423 e. The number of rotatable bonds is 2. The summed E-state index contributed by atoms with van der Waals surface area (Å²) in [5.74, 6) is -2.40. The van der Waals surface area contributed by atoms with Crippen molar-refractivity contribution in [1.82, 2.24) is 0 Å². The molecule has 22 heavy (non-hydrogen) atoms. The van der Waals surface area contributed by atoms with Crippen molar-refractivity contribution >= 4 is 5.97 Å². The summed E-state index contributed by atoms with van der Waals surface area (Å²) in [6.45, 7) is 0. The number of nitriles is 1. The highest BCUT2D eigenvalue weighted by Crippen LogP contribution is 2.33. The fraction of sp³-hybridized carbons (Fsp3) is 0.0667. The van der Waals surface area contributed by atoms with Crippen LogP contribution in [0.15, 0.2) is 42.5 Å². The summed E-state index contributed by atoms with van der Waals surface area (Å²) in [6.07, 6.45) is -4.89. The summed E-state index contributed by atoms with van der Waals surface area (Å²) < 4.78 is 56.2. The Morgan fingerprint density at radius 1 is 1.09 bits per heavy atom. The smallest absolute Gasteiger partial charge is 0.417 e. The van der Waals surface area contributed by atoms with E-state index in [1.54, 1.807) is 0 Å². The first-order chi connectivity index (χ1) is 10.3. The van der Waals surface area contributed by atoms with Crippen LogP contribution in [0.5, 0.6) is 5.75 Å². The summed E-state index contributed by atoms with van der Waals surface area (Å²) >= 11 is 0. The average Bonchev–Trinajstić information content (AvgIpc) is 2.47. The summed E-state index contributed by atoms with van der Waals surface area (Å²) in [7, 11) is 0. The number of ether oxygens (including phenoxy) is 1. The molecule has 3 nitrogen and oxygen atoms in total. The van der Waals surface area contributed by atoms with Gasteiger partial charge in [0.2, 0.25) is 0 Å². The van der Waals surface area contributed by atoms with Crippen LogP contribution >= 0.6 is 0 Å². The molecule has 0 unspecified atom stereocenters. The zero-order valence-corrected chi connectivity index (χ0v) is 10.8. The highest BCUT2D eigenvalue weighted by molar-refractivity contribution is 5.92. The van der Waals surface area contributed by atoms with Gasteiger partial charge in [0, 0.05) is 0 Å². The van der Waals surface area contributed by atoms with Gasteiger partial charge in [-0.15, -0.1) is 0 Å². The molecule has 2 rings (SSSR count). The van der Waals surface area contributed by atoms with Crippen molar-refractivity contribution in [2.45, 2.75) is 6.18 Å². The lowest BCUT2D eigenvalue weighted by Crippen LogP contribution is -2.17. The molecule has 7 heteroatoms. The molecule has 0 heterocycles. The molecule has 0 fully saturated rings. The molecule has 0 saturated carbocycles. The predicted molar refractivity (Wildman–Crippen MR) is 67.5 cm³/mol. The number of carbonyl (C=O) groups excluding carboxylic acids is 1. The van der Waals surface area contributed by atoms with E-state index in [-0.39, 0.29) is 11.8 Å². The summed E-state index contributed by atoms with van der Waals surface area (Å²) in [5, 5.41) is 8.62. The van der Waals surface area contributed by atoms with E-state index in [1.165, 1.54) is 24.3 Å². The van der Waals surface area contributed by atoms with Crippen molar-refractivity contribution in [3.8, 4) is 11.8 Å². The van der Waals surface area contributed by atoms with E-state index in [0.717, 1.165) is 6.07 Å². The third-order valence-corrected chi connectivity index (χ3v) is 2.70. The minimum atomic E-state index is -4.89. The van der Waals surface area contributed by atoms with E-state index in [2.05, 4.69) is 0 Å². The van der Waals surface area contributed by atoms with Gasteiger partial charge in [0.1, 0.15) is 11.6 Å². The van der Waals surface area contributed by atoms with Gasteiger partial charge >= 0.3 is 12.1 Å². The van der Waals surface area contributed by atoms with Crippen LogP contribution in [-0.2, 0) is 6.18 Å². The first-order valence-electron chi connectivity index (χ1n) is 5.90. The summed E-state index contributed by atoms with van der Waals surface area (Å²) in [5.41, 5.74) is -1.90. The molecular formula is C15H7F4NO2. The molecule has 112 valence electrons. The normalized spacial score (nSPS) is 10.9. The van der Waals surface area contributed by atoms with Gasteiger partial charge in [-0.3, -0.25) is 0 Å². The van der Waals surface area contributed by atoms with Gasteiger partial charge in [-0.2, -0.15) is 18.4 Å². The van der Waals surface area contributed by atoms with E-state index in [9.17, 15) is 22.4 Å². The molecule has 0 amide bonds. The first kappa shape index (κ1) is 15.5. The van der Waals surface area contributed by atoms with Gasteiger partial charge in [0.05, 0.1) is 22.8 Å². The lowest BCUT2D eigenvalue weighted by Gasteiger charge is -2.12. The average molecular weight is 309 g/mol. The molecule has 0 aromatic heterocycles. The Balaban J connectivity index is 2.31. The SMILES string of the molecule is N#Cc1ccc(OC(=O)c2ccc(F)cc2C(F)(F)F)cc1. The number of nitrogens with zero attached hydrogens (tertiary/aromatic N) is 1. The number of benzene rings is 2. The summed E-state index contributed by atoms with van der Waals surface area (Å²) in [4.78, 5) is 11.8. The van der Waals surface area contributed by atoms with E-state index in [0.29, 0.717) is 11.6 Å². The zero-order valence-electron chi connectivity index (χ0n) is 10.8. The molecule has 0 bridgehead atoms. The Bertz CT molecular complexity index is 746. The zero-order chi connectivity index (χ0) is 16.3. The van der Waals surface area contributed by atoms with Crippen molar-refractivity contribution in [3.05, 3.63) is 65.0 Å². The Morgan fingerprint density at radius 2 is 1.73 bits per heavy atom. The molecule has 0 atom stereocenters. The fourth-order valence-corrected chi connectivity index (χ4v) is 1.69. The third kappa shape index (κ3) is 3.41. The highest BCUT2D eigenvalue weighted by atomic mass is 19.4. The van der Waals surface area contributed by atoms with Crippen molar-refractivity contribution in [1.29, 1.82) is 5.26 Å². The predicted octanol–water partition coefficient (Wildman–Crippen LogP) is 3.94. The molecule has 0 saturated heterocycles. The van der Waals surface area contributed by atoms with Crippen LogP contribution in [0.1, 0.15) is 21.5 Å². The maximum absolute atomic E-state index is 13.0. The molecule has 0 aliphatic rings. The second-order valence-electron chi connectivity index (χ2n) is 4.21. The molecule has 0 aliphatic heterocycles. The van der Waals surface area contributed by atoms with Crippen LogP contribution in [0.2, 0.25) is 0 Å². The minimum absolute atomic E-state index is 0.0264. The van der Waals surface area contributed by atoms with Gasteiger partial charge < -0.3 is 4.74 Å². The maximum atomic E-state index is 13.0. The van der Waals surface area contributed by atoms with Gasteiger partial charge in [-0.1, -0.05) is 0 Å².